The van der Waals surface area contributed by atoms with E-state index < -0.39 is 5.97 Å². The Balaban J connectivity index is 2.10. The normalized spacial score (nSPS) is 10.7. The van der Waals surface area contributed by atoms with E-state index in [9.17, 15) is 9.90 Å². The molecule has 0 N–H and O–H groups in total. The second kappa shape index (κ2) is 6.02. The quantitative estimate of drug-likeness (QED) is 0.795. The predicted octanol–water partition coefficient (Wildman–Crippen LogP) is 1.87. The van der Waals surface area contributed by atoms with Crippen LogP contribution in [0.5, 0.6) is 0 Å². The third kappa shape index (κ3) is 3.45. The lowest BCUT2D eigenvalue weighted by molar-refractivity contribution is -0.255. The summed E-state index contributed by atoms with van der Waals surface area (Å²) in [4.78, 5) is 17.0. The average molecular weight is 267 g/mol. The highest BCUT2D eigenvalue weighted by Crippen LogP contribution is 2.14. The highest BCUT2D eigenvalue weighted by atomic mass is 16.4. The van der Waals surface area contributed by atoms with E-state index in [1.54, 1.807) is 18.3 Å². The van der Waals surface area contributed by atoms with Crippen LogP contribution in [0.2, 0.25) is 0 Å². The molecule has 102 valence electrons. The second-order valence-electron chi connectivity index (χ2n) is 4.58. The SMILES string of the molecule is CN(C)c1ccc(C=Nc2ccc(C(=O)[O-])cc2)cc1. The van der Waals surface area contributed by atoms with Gasteiger partial charge in [0.25, 0.3) is 0 Å². The van der Waals surface area contributed by atoms with Gasteiger partial charge in [-0.3, -0.25) is 4.99 Å². The van der Waals surface area contributed by atoms with Crippen LogP contribution in [0.15, 0.2) is 53.5 Å². The molecule has 0 fully saturated rings. The number of aromatic carboxylic acids is 1. The van der Waals surface area contributed by atoms with Gasteiger partial charge in [-0.25, -0.2) is 0 Å². The fourth-order valence-electron chi connectivity index (χ4n) is 1.69. The molecule has 0 heterocycles. The van der Waals surface area contributed by atoms with Gasteiger partial charge < -0.3 is 14.8 Å². The van der Waals surface area contributed by atoms with Crippen molar-refractivity contribution in [3.05, 3.63) is 59.7 Å². The molecule has 2 aromatic rings. The molecule has 20 heavy (non-hydrogen) atoms. The fraction of sp³-hybridized carbons (Fsp3) is 0.125. The number of hydrogen-bond donors (Lipinski definition) is 0. The van der Waals surface area contributed by atoms with E-state index in [2.05, 4.69) is 4.99 Å². The predicted molar refractivity (Wildman–Crippen MR) is 78.8 cm³/mol. The first kappa shape index (κ1) is 13.8. The van der Waals surface area contributed by atoms with Crippen LogP contribution in [0.1, 0.15) is 15.9 Å². The summed E-state index contributed by atoms with van der Waals surface area (Å²) < 4.78 is 0. The molecule has 0 amide bonds. The number of carboxylic acid groups (broad SMARTS) is 1. The molecular weight excluding hydrogens is 252 g/mol. The first-order valence-electron chi connectivity index (χ1n) is 6.19. The van der Waals surface area contributed by atoms with Crippen molar-refractivity contribution >= 4 is 23.6 Å². The van der Waals surface area contributed by atoms with Gasteiger partial charge in [0, 0.05) is 26.0 Å². The van der Waals surface area contributed by atoms with Gasteiger partial charge in [0.2, 0.25) is 0 Å². The maximum atomic E-state index is 10.6. The summed E-state index contributed by atoms with van der Waals surface area (Å²) in [6.45, 7) is 0. The molecule has 0 saturated heterocycles. The second-order valence-corrected chi connectivity index (χ2v) is 4.58. The lowest BCUT2D eigenvalue weighted by atomic mass is 10.2. The van der Waals surface area contributed by atoms with Crippen LogP contribution in [0, 0.1) is 0 Å². The molecule has 0 atom stereocenters. The molecule has 4 nitrogen and oxygen atoms in total. The maximum absolute atomic E-state index is 10.6. The minimum atomic E-state index is -1.18. The van der Waals surface area contributed by atoms with Gasteiger partial charge in [-0.15, -0.1) is 0 Å². The van der Waals surface area contributed by atoms with Crippen LogP contribution in [-0.4, -0.2) is 26.3 Å². The molecule has 0 aromatic heterocycles. The summed E-state index contributed by atoms with van der Waals surface area (Å²) in [5, 5.41) is 10.6. The Labute approximate surface area is 118 Å². The largest absolute Gasteiger partial charge is 0.545 e. The number of nitrogens with zero attached hydrogens (tertiary/aromatic N) is 2. The van der Waals surface area contributed by atoms with Crippen LogP contribution in [0.3, 0.4) is 0 Å². The Bertz CT molecular complexity index is 614. The number of rotatable bonds is 4. The third-order valence-electron chi connectivity index (χ3n) is 2.88. The summed E-state index contributed by atoms with van der Waals surface area (Å²) in [5.74, 6) is -1.18. The molecule has 2 rings (SSSR count). The lowest BCUT2D eigenvalue weighted by Gasteiger charge is -2.11. The van der Waals surface area contributed by atoms with E-state index in [4.69, 9.17) is 0 Å². The van der Waals surface area contributed by atoms with Gasteiger partial charge in [0.1, 0.15) is 0 Å². The third-order valence-corrected chi connectivity index (χ3v) is 2.88. The zero-order chi connectivity index (χ0) is 14.5. The lowest BCUT2D eigenvalue weighted by Crippen LogP contribution is -2.21. The molecule has 0 saturated carbocycles. The summed E-state index contributed by atoms with van der Waals surface area (Å²) in [6.07, 6.45) is 1.74. The summed E-state index contributed by atoms with van der Waals surface area (Å²) in [5.41, 5.74) is 2.96. The van der Waals surface area contributed by atoms with Crippen molar-refractivity contribution in [2.75, 3.05) is 19.0 Å². The minimum Gasteiger partial charge on any atom is -0.545 e. The van der Waals surface area contributed by atoms with Crippen LogP contribution in [0.25, 0.3) is 0 Å². The van der Waals surface area contributed by atoms with E-state index in [-0.39, 0.29) is 5.56 Å². The van der Waals surface area contributed by atoms with E-state index in [0.29, 0.717) is 5.69 Å². The van der Waals surface area contributed by atoms with Crippen molar-refractivity contribution in [2.45, 2.75) is 0 Å². The number of benzene rings is 2. The molecule has 0 aliphatic carbocycles. The first-order valence-corrected chi connectivity index (χ1v) is 6.19. The zero-order valence-electron chi connectivity index (χ0n) is 11.4. The van der Waals surface area contributed by atoms with Crippen molar-refractivity contribution in [3.8, 4) is 0 Å². The summed E-state index contributed by atoms with van der Waals surface area (Å²) in [6, 6.07) is 14.3. The number of carboxylic acids is 1. The van der Waals surface area contributed by atoms with Crippen molar-refractivity contribution in [3.63, 3.8) is 0 Å². The van der Waals surface area contributed by atoms with E-state index >= 15 is 0 Å². The number of hydrogen-bond acceptors (Lipinski definition) is 4. The van der Waals surface area contributed by atoms with Crippen LogP contribution < -0.4 is 10.0 Å². The summed E-state index contributed by atoms with van der Waals surface area (Å²) >= 11 is 0. The summed E-state index contributed by atoms with van der Waals surface area (Å²) in [7, 11) is 3.98. The van der Waals surface area contributed by atoms with Crippen LogP contribution in [0.4, 0.5) is 11.4 Å². The van der Waals surface area contributed by atoms with E-state index in [1.807, 2.05) is 43.3 Å². The van der Waals surface area contributed by atoms with Gasteiger partial charge in [0.05, 0.1) is 11.7 Å². The van der Waals surface area contributed by atoms with Gasteiger partial charge in [-0.2, -0.15) is 0 Å². The molecule has 0 spiro atoms. The number of carbonyl (C=O) groups is 1. The van der Waals surface area contributed by atoms with Gasteiger partial charge >= 0.3 is 0 Å². The van der Waals surface area contributed by atoms with Crippen LogP contribution >= 0.6 is 0 Å². The molecule has 0 aliphatic heterocycles. The minimum absolute atomic E-state index is 0.152. The van der Waals surface area contributed by atoms with Crippen molar-refractivity contribution in [1.82, 2.24) is 0 Å². The molecule has 0 unspecified atom stereocenters. The maximum Gasteiger partial charge on any atom is 0.0715 e. The molecule has 2 aromatic carbocycles. The Kier molecular flexibility index (Phi) is 4.15. The van der Waals surface area contributed by atoms with Crippen molar-refractivity contribution in [2.24, 2.45) is 4.99 Å². The molecular formula is C16H15N2O2-. The van der Waals surface area contributed by atoms with Gasteiger partial charge in [-0.1, -0.05) is 24.3 Å². The standard InChI is InChI=1S/C16H16N2O2/c1-18(2)15-9-3-12(4-10-15)11-17-14-7-5-13(6-8-14)16(19)20/h3-11H,1-2H3,(H,19,20)/p-1. The molecule has 0 radical (unpaired) electrons. The Morgan fingerprint density at radius 3 is 2.15 bits per heavy atom. The Morgan fingerprint density at radius 1 is 1.05 bits per heavy atom. The van der Waals surface area contributed by atoms with Crippen molar-refractivity contribution < 1.29 is 9.90 Å². The number of anilines is 1. The van der Waals surface area contributed by atoms with Crippen LogP contribution in [-0.2, 0) is 0 Å². The van der Waals surface area contributed by atoms with Gasteiger partial charge in [-0.05, 0) is 35.4 Å². The Morgan fingerprint density at radius 2 is 1.65 bits per heavy atom. The molecule has 0 aliphatic rings. The number of carbonyl (C=O) groups excluding carboxylic acids is 1. The highest BCUT2D eigenvalue weighted by Gasteiger charge is 1.95. The highest BCUT2D eigenvalue weighted by molar-refractivity contribution is 5.87. The Hall–Kier alpha value is -2.62. The monoisotopic (exact) mass is 267 g/mol. The van der Waals surface area contributed by atoms with E-state index in [0.717, 1.165) is 11.3 Å². The van der Waals surface area contributed by atoms with Crippen molar-refractivity contribution in [1.29, 1.82) is 0 Å². The topological polar surface area (TPSA) is 55.7 Å². The van der Waals surface area contributed by atoms with Gasteiger partial charge in [0.15, 0.2) is 0 Å². The smallest absolute Gasteiger partial charge is 0.0715 e. The zero-order valence-corrected chi connectivity index (χ0v) is 11.4. The first-order chi connectivity index (χ1) is 9.56. The molecule has 4 heteroatoms. The molecule has 0 bridgehead atoms. The number of aliphatic imine (C=N–C) groups is 1. The van der Waals surface area contributed by atoms with E-state index in [1.165, 1.54) is 12.1 Å². The average Bonchev–Trinajstić information content (AvgIpc) is 2.46. The fourth-order valence-corrected chi connectivity index (χ4v) is 1.69.